The van der Waals surface area contributed by atoms with Gasteiger partial charge in [0.1, 0.15) is 11.5 Å². The molecule has 34 heavy (non-hydrogen) atoms. The summed E-state index contributed by atoms with van der Waals surface area (Å²) in [5.41, 5.74) is 9.13. The molecule has 0 amide bonds. The molecule has 2 unspecified atom stereocenters. The van der Waals surface area contributed by atoms with E-state index in [1.165, 1.54) is 19.3 Å². The Labute approximate surface area is 201 Å². The molecule has 4 atom stereocenters. The Bertz CT molecular complexity index is 1260. The van der Waals surface area contributed by atoms with Crippen LogP contribution in [0.2, 0.25) is 0 Å². The molecule has 1 aliphatic heterocycles. The van der Waals surface area contributed by atoms with Gasteiger partial charge in [-0.25, -0.2) is 4.98 Å². The van der Waals surface area contributed by atoms with Gasteiger partial charge in [-0.2, -0.15) is 0 Å². The van der Waals surface area contributed by atoms with Gasteiger partial charge in [-0.05, 0) is 70.1 Å². The summed E-state index contributed by atoms with van der Waals surface area (Å²) in [6.45, 7) is 5.86. The Morgan fingerprint density at radius 3 is 2.59 bits per heavy atom. The second-order valence-electron chi connectivity index (χ2n) is 10.3. The maximum absolute atomic E-state index is 13.9. The quantitative estimate of drug-likeness (QED) is 0.419. The lowest BCUT2D eigenvalue weighted by Crippen LogP contribution is -2.45. The van der Waals surface area contributed by atoms with Crippen LogP contribution in [0.25, 0.3) is 22.3 Å². The van der Waals surface area contributed by atoms with Crippen molar-refractivity contribution >= 4 is 16.9 Å². The van der Waals surface area contributed by atoms with Crippen molar-refractivity contribution in [2.75, 3.05) is 6.54 Å². The predicted octanol–water partition coefficient (Wildman–Crippen LogP) is 4.95. The Morgan fingerprint density at radius 1 is 1.06 bits per heavy atom. The lowest BCUT2D eigenvalue weighted by atomic mass is 9.95. The summed E-state index contributed by atoms with van der Waals surface area (Å²) in [6.07, 6.45) is 7.10. The van der Waals surface area contributed by atoms with E-state index in [0.29, 0.717) is 34.8 Å². The minimum atomic E-state index is -0.0511. The molecule has 3 N–H and O–H groups in total. The zero-order valence-corrected chi connectivity index (χ0v) is 20.2. The van der Waals surface area contributed by atoms with Gasteiger partial charge in [0.05, 0.1) is 11.0 Å². The molecule has 0 spiro atoms. The van der Waals surface area contributed by atoms with Crippen LogP contribution in [-0.4, -0.2) is 38.9 Å². The average molecular weight is 458 g/mol. The monoisotopic (exact) mass is 457 g/mol. The van der Waals surface area contributed by atoms with Gasteiger partial charge in [0.25, 0.3) is 5.56 Å². The first-order valence-electron chi connectivity index (χ1n) is 12.6. The van der Waals surface area contributed by atoms with E-state index in [1.807, 2.05) is 41.0 Å². The first kappa shape index (κ1) is 22.8. The molecule has 2 aliphatic rings. The number of aromatic nitrogens is 2. The Kier molecular flexibility index (Phi) is 6.26. The van der Waals surface area contributed by atoms with E-state index in [4.69, 9.17) is 16.1 Å². The van der Waals surface area contributed by atoms with Crippen LogP contribution in [0, 0.1) is 11.3 Å². The van der Waals surface area contributed by atoms with Gasteiger partial charge in [0.2, 0.25) is 0 Å². The molecule has 2 aromatic carbocycles. The molecule has 6 nitrogen and oxygen atoms in total. The predicted molar refractivity (Wildman–Crippen MR) is 138 cm³/mol. The van der Waals surface area contributed by atoms with E-state index in [0.717, 1.165) is 36.8 Å². The van der Waals surface area contributed by atoms with E-state index in [9.17, 15) is 4.79 Å². The van der Waals surface area contributed by atoms with Crippen molar-refractivity contribution < 1.29 is 0 Å². The Morgan fingerprint density at radius 2 is 1.82 bits per heavy atom. The van der Waals surface area contributed by atoms with Crippen molar-refractivity contribution in [3.63, 3.8) is 0 Å². The highest BCUT2D eigenvalue weighted by molar-refractivity contribution is 5.96. The fraction of sp³-hybridized carbons (Fsp3) is 0.464. The molecule has 1 saturated heterocycles. The maximum atomic E-state index is 13.9. The van der Waals surface area contributed by atoms with Crippen molar-refractivity contribution in [1.29, 1.82) is 5.41 Å². The maximum Gasteiger partial charge on any atom is 0.277 e. The summed E-state index contributed by atoms with van der Waals surface area (Å²) in [4.78, 5) is 21.3. The van der Waals surface area contributed by atoms with Crippen LogP contribution in [0.3, 0.4) is 0 Å². The molecule has 3 aromatic rings. The van der Waals surface area contributed by atoms with Crippen molar-refractivity contribution in [3.05, 3.63) is 64.4 Å². The van der Waals surface area contributed by atoms with Gasteiger partial charge in [-0.15, -0.1) is 0 Å². The number of piperidine rings is 1. The number of hydrogen-bond donors (Lipinski definition) is 2. The largest absolute Gasteiger partial charge is 0.384 e. The molecular formula is C28H35N5O. The third-order valence-corrected chi connectivity index (χ3v) is 7.97. The molecule has 1 saturated carbocycles. The molecule has 0 radical (unpaired) electrons. The van der Waals surface area contributed by atoms with Gasteiger partial charge in [-0.3, -0.25) is 15.1 Å². The molecule has 5 rings (SSSR count). The molecule has 178 valence electrons. The number of likely N-dealkylation sites (tertiary alicyclic amines) is 1. The number of para-hydroxylation sites is 2. The number of nitrogen functional groups attached to an aromatic ring is 1. The molecule has 6 heteroatoms. The number of amidine groups is 1. The highest BCUT2D eigenvalue weighted by atomic mass is 16.1. The van der Waals surface area contributed by atoms with E-state index in [1.54, 1.807) is 12.1 Å². The van der Waals surface area contributed by atoms with Gasteiger partial charge in [0, 0.05) is 35.8 Å². The molecule has 2 heterocycles. The van der Waals surface area contributed by atoms with E-state index < -0.39 is 0 Å². The average Bonchev–Trinajstić information content (AvgIpc) is 3.29. The number of nitrogens with one attached hydrogen (secondary N) is 1. The van der Waals surface area contributed by atoms with Gasteiger partial charge >= 0.3 is 0 Å². The first-order chi connectivity index (χ1) is 16.4. The number of nitrogens with zero attached hydrogens (tertiary/aromatic N) is 3. The van der Waals surface area contributed by atoms with Crippen LogP contribution in [-0.2, 0) is 0 Å². The minimum Gasteiger partial charge on any atom is -0.384 e. The van der Waals surface area contributed by atoms with Crippen molar-refractivity contribution in [3.8, 4) is 11.3 Å². The van der Waals surface area contributed by atoms with E-state index in [2.05, 4.69) is 18.7 Å². The fourth-order valence-corrected chi connectivity index (χ4v) is 6.12. The summed E-state index contributed by atoms with van der Waals surface area (Å²) in [7, 11) is 0. The highest BCUT2D eigenvalue weighted by Crippen LogP contribution is 2.37. The molecule has 1 aromatic heterocycles. The lowest BCUT2D eigenvalue weighted by molar-refractivity contribution is 0.0842. The van der Waals surface area contributed by atoms with Crippen LogP contribution in [0.5, 0.6) is 0 Å². The molecule has 2 fully saturated rings. The molecule has 0 bridgehead atoms. The third-order valence-electron chi connectivity index (χ3n) is 7.97. The van der Waals surface area contributed by atoms with Crippen molar-refractivity contribution in [1.82, 2.24) is 14.5 Å². The number of fused-ring (bicyclic) bond motifs is 1. The first-order valence-corrected chi connectivity index (χ1v) is 12.6. The Hall–Kier alpha value is -2.99. The van der Waals surface area contributed by atoms with Crippen LogP contribution in [0.15, 0.2) is 53.3 Å². The van der Waals surface area contributed by atoms with Crippen LogP contribution >= 0.6 is 0 Å². The zero-order valence-electron chi connectivity index (χ0n) is 20.2. The number of benzene rings is 2. The van der Waals surface area contributed by atoms with Crippen LogP contribution in [0.4, 0.5) is 0 Å². The molecule has 1 aliphatic carbocycles. The van der Waals surface area contributed by atoms with Crippen molar-refractivity contribution in [2.24, 2.45) is 11.7 Å². The topological polar surface area (TPSA) is 88.0 Å². The summed E-state index contributed by atoms with van der Waals surface area (Å²) < 4.78 is 2.00. The fourth-order valence-electron chi connectivity index (χ4n) is 6.12. The van der Waals surface area contributed by atoms with E-state index in [-0.39, 0.29) is 17.4 Å². The number of rotatable bonds is 5. The number of hydrogen-bond acceptors (Lipinski definition) is 4. The highest BCUT2D eigenvalue weighted by Gasteiger charge is 2.33. The normalized spacial score (nSPS) is 25.6. The van der Waals surface area contributed by atoms with Crippen molar-refractivity contribution in [2.45, 2.75) is 70.5 Å². The summed E-state index contributed by atoms with van der Waals surface area (Å²) in [6, 6.07) is 16.7. The summed E-state index contributed by atoms with van der Waals surface area (Å²) >= 11 is 0. The summed E-state index contributed by atoms with van der Waals surface area (Å²) in [5.74, 6) is 0.596. The molecular weight excluding hydrogens is 422 g/mol. The minimum absolute atomic E-state index is 0.0113. The Balaban J connectivity index is 1.50. The third kappa shape index (κ3) is 4.27. The van der Waals surface area contributed by atoms with Crippen LogP contribution < -0.4 is 11.3 Å². The van der Waals surface area contributed by atoms with Crippen LogP contribution in [0.1, 0.15) is 64.0 Å². The second-order valence-corrected chi connectivity index (χ2v) is 10.3. The lowest BCUT2D eigenvalue weighted by Gasteiger charge is -2.40. The van der Waals surface area contributed by atoms with E-state index >= 15 is 0 Å². The van der Waals surface area contributed by atoms with Gasteiger partial charge < -0.3 is 10.3 Å². The zero-order chi connectivity index (χ0) is 23.8. The second kappa shape index (κ2) is 9.34. The standard InChI is InChI=1S/C28H35N5O/c1-18-7-5-8-19(2)32(18)17-20-13-14-23(15-20)33-25-12-4-3-11-24(25)31-26(28(33)34)21-9-6-10-22(16-21)27(29)30/h3-4,6,9-12,16,18-20,23H,5,7-8,13-15,17H2,1-2H3,(H3,29,30)/t18-,19+,20?,23?. The van der Waals surface area contributed by atoms with Gasteiger partial charge in [0.15, 0.2) is 0 Å². The summed E-state index contributed by atoms with van der Waals surface area (Å²) in [5, 5.41) is 7.78. The SMILES string of the molecule is C[C@@H]1CCC[C@H](C)N1CC1CCC(n2c(=O)c(-c3cccc(C(=N)N)c3)nc3ccccc32)C1. The smallest absolute Gasteiger partial charge is 0.277 e. The van der Waals surface area contributed by atoms with Gasteiger partial charge in [-0.1, -0.05) is 36.8 Å². The number of nitrogens with two attached hydrogens (primary N) is 1.